The molecule has 1 N–H and O–H groups in total. The highest BCUT2D eigenvalue weighted by molar-refractivity contribution is 8.48. The van der Waals surface area contributed by atoms with Gasteiger partial charge in [0.1, 0.15) is 10.6 Å². The van der Waals surface area contributed by atoms with Crippen molar-refractivity contribution in [3.8, 4) is 0 Å². The minimum absolute atomic E-state index is 0.0439. The van der Waals surface area contributed by atoms with Crippen molar-refractivity contribution in [3.63, 3.8) is 0 Å². The number of amides is 1. The molecule has 0 aromatic carbocycles. The Bertz CT molecular complexity index is 279. The van der Waals surface area contributed by atoms with E-state index in [1.54, 1.807) is 6.08 Å². The van der Waals surface area contributed by atoms with Gasteiger partial charge >= 0.3 is 0 Å². The summed E-state index contributed by atoms with van der Waals surface area (Å²) in [4.78, 5) is 11.4. The lowest BCUT2D eigenvalue weighted by Gasteiger charge is -2.01. The molecule has 2 rings (SSSR count). The molecule has 3 unspecified atom stereocenters. The van der Waals surface area contributed by atoms with Crippen LogP contribution in [0.5, 0.6) is 0 Å². The second kappa shape index (κ2) is 5.76. The van der Waals surface area contributed by atoms with Gasteiger partial charge in [0.05, 0.1) is 0 Å². The predicted molar refractivity (Wildman–Crippen MR) is 66.1 cm³/mol. The molecule has 1 saturated heterocycles. The lowest BCUT2D eigenvalue weighted by Crippen LogP contribution is -2.25. The van der Waals surface area contributed by atoms with Gasteiger partial charge in [-0.1, -0.05) is 19.9 Å². The molecule has 3 atom stereocenters. The zero-order valence-electron chi connectivity index (χ0n) is 9.23. The summed E-state index contributed by atoms with van der Waals surface area (Å²) in [5.74, 6) is 0.331. The van der Waals surface area contributed by atoms with Crippen molar-refractivity contribution in [2.75, 3.05) is 12.3 Å². The van der Waals surface area contributed by atoms with Crippen LogP contribution in [0, 0.1) is 11.8 Å². The van der Waals surface area contributed by atoms with Gasteiger partial charge < -0.3 is 0 Å². The van der Waals surface area contributed by atoms with Crippen molar-refractivity contribution in [2.24, 2.45) is 11.8 Å². The molecule has 0 bridgehead atoms. The molecular formula is C10H18NO2PS. The monoisotopic (exact) mass is 247 g/mol. The van der Waals surface area contributed by atoms with Crippen molar-refractivity contribution in [2.45, 2.75) is 20.3 Å². The third-order valence-corrected chi connectivity index (χ3v) is 6.74. The highest BCUT2D eigenvalue weighted by Gasteiger charge is 2.42. The molecule has 1 amide bonds. The van der Waals surface area contributed by atoms with Gasteiger partial charge in [-0.05, 0) is 24.7 Å². The molecule has 86 valence electrons. The van der Waals surface area contributed by atoms with Crippen molar-refractivity contribution in [3.05, 3.63) is 12.7 Å². The van der Waals surface area contributed by atoms with Crippen molar-refractivity contribution in [1.82, 2.24) is 4.72 Å². The topological polar surface area (TPSA) is 46.2 Å². The first-order chi connectivity index (χ1) is 7.22. The molecule has 1 saturated carbocycles. The van der Waals surface area contributed by atoms with Crippen molar-refractivity contribution >= 4 is 23.6 Å². The van der Waals surface area contributed by atoms with Gasteiger partial charge in [-0.25, -0.2) is 4.21 Å². The Balaban J connectivity index is 0.000000531. The summed E-state index contributed by atoms with van der Waals surface area (Å²) in [5.41, 5.74) is 0. The normalized spacial score (nSPS) is 29.5. The Kier molecular flexibility index (Phi) is 4.94. The number of hydrogen-bond acceptors (Lipinski definition) is 2. The molecule has 3 nitrogen and oxygen atoms in total. The quantitative estimate of drug-likeness (QED) is 0.610. The van der Waals surface area contributed by atoms with E-state index < -0.39 is 10.6 Å². The van der Waals surface area contributed by atoms with Gasteiger partial charge in [0, 0.05) is 13.0 Å². The van der Waals surface area contributed by atoms with Gasteiger partial charge in [0.25, 0.3) is 0 Å². The van der Waals surface area contributed by atoms with E-state index in [9.17, 15) is 9.00 Å². The van der Waals surface area contributed by atoms with Gasteiger partial charge in [0.15, 0.2) is 0 Å². The van der Waals surface area contributed by atoms with Gasteiger partial charge in [0.2, 0.25) is 5.91 Å². The summed E-state index contributed by atoms with van der Waals surface area (Å²) in [6.07, 6.45) is 4.79. The average Bonchev–Trinajstić information content (AvgIpc) is 3.12. The van der Waals surface area contributed by atoms with Crippen LogP contribution in [0.4, 0.5) is 0 Å². The van der Waals surface area contributed by atoms with Crippen LogP contribution >= 0.6 is 7.12 Å². The zero-order chi connectivity index (χ0) is 11.4. The molecule has 0 radical (unpaired) electrons. The van der Waals surface area contributed by atoms with Crippen molar-refractivity contribution < 1.29 is 9.00 Å². The highest BCUT2D eigenvalue weighted by Crippen LogP contribution is 2.53. The van der Waals surface area contributed by atoms with E-state index in [1.165, 1.54) is 0 Å². The molecule has 1 heterocycles. The molecule has 15 heavy (non-hydrogen) atoms. The summed E-state index contributed by atoms with van der Waals surface area (Å²) in [6, 6.07) is 0. The molecule has 1 aliphatic heterocycles. The Morgan fingerprint density at radius 1 is 1.53 bits per heavy atom. The number of hydrogen-bond donors (Lipinski definition) is 1. The van der Waals surface area contributed by atoms with Crippen LogP contribution in [0.3, 0.4) is 0 Å². The maximum Gasteiger partial charge on any atom is 0.235 e. The molecular weight excluding hydrogens is 229 g/mol. The van der Waals surface area contributed by atoms with E-state index in [1.807, 2.05) is 13.8 Å². The Labute approximate surface area is 94.8 Å². The van der Waals surface area contributed by atoms with Crippen LogP contribution in [0.15, 0.2) is 12.7 Å². The maximum atomic E-state index is 11.4. The largest absolute Gasteiger partial charge is 0.274 e. The van der Waals surface area contributed by atoms with Crippen molar-refractivity contribution in [1.29, 1.82) is 0 Å². The van der Waals surface area contributed by atoms with Gasteiger partial charge in [-0.15, -0.1) is 6.58 Å². The second-order valence-electron chi connectivity index (χ2n) is 3.39. The molecule has 5 heteroatoms. The zero-order valence-corrected chi connectivity index (χ0v) is 10.9. The number of carbonyl (C=O) groups is 1. The van der Waals surface area contributed by atoms with Crippen LogP contribution in [0.2, 0.25) is 0 Å². The molecule has 0 aromatic heterocycles. The first-order valence-corrected chi connectivity index (χ1v) is 8.79. The number of carbonyl (C=O) groups excluding carboxylic acids is 1. The van der Waals surface area contributed by atoms with Gasteiger partial charge in [-0.2, -0.15) is 0 Å². The molecule has 1 aliphatic carbocycles. The molecule has 2 fully saturated rings. The van der Waals surface area contributed by atoms with E-state index in [-0.39, 0.29) is 18.9 Å². The SMILES string of the molecule is C=CC1CC1C(=O)NS(=O)P1CC1.CC. The minimum atomic E-state index is -1.06. The fourth-order valence-corrected chi connectivity index (χ4v) is 4.71. The second-order valence-corrected chi connectivity index (χ2v) is 8.49. The summed E-state index contributed by atoms with van der Waals surface area (Å²) >= 11 is 0. The fraction of sp³-hybridized carbons (Fsp3) is 0.700. The Hall–Kier alpha value is -0.210. The Morgan fingerprint density at radius 3 is 2.53 bits per heavy atom. The number of nitrogens with one attached hydrogen (secondary N) is 1. The van der Waals surface area contributed by atoms with Crippen LogP contribution < -0.4 is 4.72 Å². The van der Waals surface area contributed by atoms with Crippen LogP contribution in [0.1, 0.15) is 20.3 Å². The van der Waals surface area contributed by atoms with E-state index in [2.05, 4.69) is 11.3 Å². The molecule has 0 spiro atoms. The minimum Gasteiger partial charge on any atom is -0.274 e. The van der Waals surface area contributed by atoms with Crippen LogP contribution in [-0.2, 0) is 15.4 Å². The molecule has 0 aromatic rings. The van der Waals surface area contributed by atoms with Crippen LogP contribution in [-0.4, -0.2) is 22.4 Å². The summed E-state index contributed by atoms with van der Waals surface area (Å²) < 4.78 is 13.9. The summed E-state index contributed by atoms with van der Waals surface area (Å²) in [6.45, 7) is 7.63. The van der Waals surface area contributed by atoms with E-state index in [0.717, 1.165) is 18.7 Å². The number of rotatable bonds is 4. The third-order valence-electron chi connectivity index (χ3n) is 2.31. The van der Waals surface area contributed by atoms with E-state index in [4.69, 9.17) is 0 Å². The molecule has 2 aliphatic rings. The smallest absolute Gasteiger partial charge is 0.235 e. The van der Waals surface area contributed by atoms with Crippen LogP contribution in [0.25, 0.3) is 0 Å². The third kappa shape index (κ3) is 3.69. The summed E-state index contributed by atoms with van der Waals surface area (Å²) in [5, 5.41) is 0. The summed E-state index contributed by atoms with van der Waals surface area (Å²) in [7, 11) is -1.40. The Morgan fingerprint density at radius 2 is 2.13 bits per heavy atom. The fourth-order valence-electron chi connectivity index (χ4n) is 1.21. The predicted octanol–water partition coefficient (Wildman–Crippen LogP) is 2.03. The first kappa shape index (κ1) is 12.9. The number of allylic oxidation sites excluding steroid dienone is 1. The van der Waals surface area contributed by atoms with E-state index >= 15 is 0 Å². The average molecular weight is 247 g/mol. The lowest BCUT2D eigenvalue weighted by atomic mass is 10.3. The standard InChI is InChI=1S/C8H12NO2PS.C2H6/c1-2-6-5-7(6)8(10)9-13(11)12-3-4-12;1-2/h2,6-7H,1,3-5H2,(H,9,10);1-2H3. The maximum absolute atomic E-state index is 11.4. The van der Waals surface area contributed by atoms with E-state index in [0.29, 0.717) is 5.92 Å². The van der Waals surface area contributed by atoms with Gasteiger partial charge in [-0.3, -0.25) is 9.52 Å². The first-order valence-electron chi connectivity index (χ1n) is 5.32. The highest BCUT2D eigenvalue weighted by atomic mass is 32.7. The lowest BCUT2D eigenvalue weighted by molar-refractivity contribution is -0.120.